The second-order valence-electron chi connectivity index (χ2n) is 5.95. The zero-order chi connectivity index (χ0) is 19.2. The number of carboxylic acid groups (broad SMARTS) is 1. The summed E-state index contributed by atoms with van der Waals surface area (Å²) in [6.45, 7) is 1.16. The number of aliphatic hydroxyl groups is 1. The third-order valence-electron chi connectivity index (χ3n) is 3.99. The van der Waals surface area contributed by atoms with Gasteiger partial charge in [0.1, 0.15) is 12.7 Å². The van der Waals surface area contributed by atoms with Crippen LogP contribution in [-0.2, 0) is 6.54 Å². The van der Waals surface area contributed by atoms with Gasteiger partial charge in [-0.25, -0.2) is 4.79 Å². The highest BCUT2D eigenvalue weighted by Crippen LogP contribution is 2.32. The van der Waals surface area contributed by atoms with Gasteiger partial charge in [0.2, 0.25) is 6.79 Å². The van der Waals surface area contributed by atoms with Crippen LogP contribution in [0.3, 0.4) is 0 Å². The highest BCUT2D eigenvalue weighted by molar-refractivity contribution is 5.88. The van der Waals surface area contributed by atoms with Crippen LogP contribution in [0.25, 0.3) is 0 Å². The predicted octanol–water partition coefficient (Wildman–Crippen LogP) is 1.65. The minimum atomic E-state index is -1.05. The number of nitrogens with one attached hydrogen (secondary N) is 1. The fourth-order valence-corrected chi connectivity index (χ4v) is 2.60. The van der Waals surface area contributed by atoms with Crippen LogP contribution in [0.15, 0.2) is 36.4 Å². The highest BCUT2D eigenvalue weighted by atomic mass is 16.7. The van der Waals surface area contributed by atoms with E-state index in [1.54, 1.807) is 0 Å². The Morgan fingerprint density at radius 3 is 2.78 bits per heavy atom. The molecule has 0 fully saturated rings. The van der Waals surface area contributed by atoms with E-state index in [1.807, 2.05) is 18.2 Å². The number of hydrogen-bond donors (Lipinski definition) is 3. The van der Waals surface area contributed by atoms with E-state index in [-0.39, 0.29) is 19.0 Å². The van der Waals surface area contributed by atoms with Crippen LogP contribution < -0.4 is 24.3 Å². The Balaban J connectivity index is 1.46. The van der Waals surface area contributed by atoms with Crippen molar-refractivity contribution in [2.75, 3.05) is 27.1 Å². The summed E-state index contributed by atoms with van der Waals surface area (Å²) in [6.07, 6.45) is -0.747. The van der Waals surface area contributed by atoms with Crippen LogP contribution in [0.2, 0.25) is 0 Å². The Hall–Kier alpha value is -2.97. The molecule has 1 atom stereocenters. The number of benzene rings is 2. The van der Waals surface area contributed by atoms with E-state index in [1.165, 1.54) is 25.3 Å². The Labute approximate surface area is 156 Å². The van der Waals surface area contributed by atoms with Gasteiger partial charge in [-0.15, -0.1) is 0 Å². The first kappa shape index (κ1) is 18.8. The summed E-state index contributed by atoms with van der Waals surface area (Å²) in [5.41, 5.74) is 1.11. The van der Waals surface area contributed by atoms with Crippen molar-refractivity contribution >= 4 is 5.97 Å². The van der Waals surface area contributed by atoms with Crippen LogP contribution in [0.1, 0.15) is 15.9 Å². The van der Waals surface area contributed by atoms with Crippen molar-refractivity contribution in [2.45, 2.75) is 12.6 Å². The van der Waals surface area contributed by atoms with E-state index in [4.69, 9.17) is 24.1 Å². The van der Waals surface area contributed by atoms with Gasteiger partial charge in [-0.05, 0) is 35.9 Å². The van der Waals surface area contributed by atoms with E-state index < -0.39 is 12.1 Å². The molecule has 0 amide bonds. The molecule has 8 nitrogen and oxygen atoms in total. The number of carbonyl (C=O) groups is 1. The summed E-state index contributed by atoms with van der Waals surface area (Å²) in [7, 11) is 1.43. The van der Waals surface area contributed by atoms with Gasteiger partial charge in [0, 0.05) is 13.1 Å². The lowest BCUT2D eigenvalue weighted by Gasteiger charge is -2.15. The molecule has 0 radical (unpaired) electrons. The zero-order valence-corrected chi connectivity index (χ0v) is 14.8. The molecule has 0 saturated heterocycles. The van der Waals surface area contributed by atoms with Gasteiger partial charge < -0.3 is 34.5 Å². The average molecular weight is 375 g/mol. The van der Waals surface area contributed by atoms with E-state index in [9.17, 15) is 9.90 Å². The molecular formula is C19H21NO7. The van der Waals surface area contributed by atoms with Gasteiger partial charge in [-0.3, -0.25) is 0 Å². The minimum absolute atomic E-state index is 0.0386. The lowest BCUT2D eigenvalue weighted by Crippen LogP contribution is -2.31. The molecule has 144 valence electrons. The molecule has 8 heteroatoms. The average Bonchev–Trinajstić information content (AvgIpc) is 3.14. The number of carboxylic acids is 1. The molecule has 1 heterocycles. The monoisotopic (exact) mass is 375 g/mol. The van der Waals surface area contributed by atoms with Gasteiger partial charge in [-0.2, -0.15) is 0 Å². The number of methoxy groups -OCH3 is 1. The predicted molar refractivity (Wildman–Crippen MR) is 95.7 cm³/mol. The summed E-state index contributed by atoms with van der Waals surface area (Å²) in [5, 5.41) is 22.2. The van der Waals surface area contributed by atoms with Crippen molar-refractivity contribution in [2.24, 2.45) is 0 Å². The zero-order valence-electron chi connectivity index (χ0n) is 14.8. The first-order chi connectivity index (χ1) is 13.1. The van der Waals surface area contributed by atoms with Crippen molar-refractivity contribution in [1.29, 1.82) is 0 Å². The topological polar surface area (TPSA) is 106 Å². The van der Waals surface area contributed by atoms with Crippen molar-refractivity contribution in [3.05, 3.63) is 47.5 Å². The number of fused-ring (bicyclic) bond motifs is 1. The summed E-state index contributed by atoms with van der Waals surface area (Å²) >= 11 is 0. The first-order valence-corrected chi connectivity index (χ1v) is 8.38. The van der Waals surface area contributed by atoms with Gasteiger partial charge in [-0.1, -0.05) is 6.07 Å². The van der Waals surface area contributed by atoms with Crippen LogP contribution in [0.5, 0.6) is 23.0 Å². The standard InChI is InChI=1S/C19H21NO7/c1-24-17-7-13(19(22)23)3-5-15(17)25-10-14(21)9-20-8-12-2-4-16-18(6-12)27-11-26-16/h2-7,14,20-21H,8-11H2,1H3,(H,22,23)/t14-/m1/s1. The van der Waals surface area contributed by atoms with Crippen molar-refractivity contribution in [3.8, 4) is 23.0 Å². The lowest BCUT2D eigenvalue weighted by atomic mass is 10.2. The molecule has 1 aliphatic rings. The maximum Gasteiger partial charge on any atom is 0.335 e. The third-order valence-corrected chi connectivity index (χ3v) is 3.99. The smallest absolute Gasteiger partial charge is 0.335 e. The molecule has 1 aliphatic heterocycles. The van der Waals surface area contributed by atoms with Crippen molar-refractivity contribution < 1.29 is 34.0 Å². The molecular weight excluding hydrogens is 354 g/mol. The molecule has 0 aliphatic carbocycles. The molecule has 0 saturated carbocycles. The van der Waals surface area contributed by atoms with Gasteiger partial charge in [0.05, 0.1) is 12.7 Å². The van der Waals surface area contributed by atoms with Crippen molar-refractivity contribution in [1.82, 2.24) is 5.32 Å². The molecule has 0 bridgehead atoms. The van der Waals surface area contributed by atoms with Gasteiger partial charge in [0.15, 0.2) is 23.0 Å². The second kappa shape index (κ2) is 8.61. The molecule has 0 aromatic heterocycles. The second-order valence-corrected chi connectivity index (χ2v) is 5.95. The first-order valence-electron chi connectivity index (χ1n) is 8.38. The molecule has 0 spiro atoms. The van der Waals surface area contributed by atoms with Crippen LogP contribution in [0.4, 0.5) is 0 Å². The fraction of sp³-hybridized carbons (Fsp3) is 0.316. The molecule has 2 aromatic carbocycles. The van der Waals surface area contributed by atoms with Gasteiger partial charge in [0.25, 0.3) is 0 Å². The highest BCUT2D eigenvalue weighted by Gasteiger charge is 2.14. The Morgan fingerprint density at radius 2 is 2.00 bits per heavy atom. The summed E-state index contributed by atoms with van der Waals surface area (Å²) in [6, 6.07) is 9.98. The number of hydrogen-bond acceptors (Lipinski definition) is 7. The van der Waals surface area contributed by atoms with E-state index in [0.717, 1.165) is 17.1 Å². The van der Waals surface area contributed by atoms with Gasteiger partial charge >= 0.3 is 5.97 Å². The largest absolute Gasteiger partial charge is 0.493 e. The van der Waals surface area contributed by atoms with E-state index in [2.05, 4.69) is 5.32 Å². The molecule has 2 aromatic rings. The minimum Gasteiger partial charge on any atom is -0.493 e. The van der Waals surface area contributed by atoms with Crippen LogP contribution in [-0.4, -0.2) is 49.3 Å². The lowest BCUT2D eigenvalue weighted by molar-refractivity contribution is 0.0696. The van der Waals surface area contributed by atoms with Crippen molar-refractivity contribution in [3.63, 3.8) is 0 Å². The Bertz CT molecular complexity index is 809. The van der Waals surface area contributed by atoms with E-state index >= 15 is 0 Å². The maximum atomic E-state index is 11.0. The summed E-state index contributed by atoms with van der Waals surface area (Å²) in [5.74, 6) is 1.07. The number of rotatable bonds is 9. The molecule has 3 N–H and O–H groups in total. The van der Waals surface area contributed by atoms with Crippen LogP contribution in [0, 0.1) is 0 Å². The number of aromatic carboxylic acids is 1. The summed E-state index contributed by atoms with van der Waals surface area (Å²) < 4.78 is 21.3. The normalized spacial score (nSPS) is 13.3. The number of aliphatic hydroxyl groups excluding tert-OH is 1. The molecule has 0 unspecified atom stereocenters. The maximum absolute atomic E-state index is 11.0. The third kappa shape index (κ3) is 4.81. The van der Waals surface area contributed by atoms with E-state index in [0.29, 0.717) is 24.6 Å². The summed E-state index contributed by atoms with van der Waals surface area (Å²) in [4.78, 5) is 11.0. The molecule has 27 heavy (non-hydrogen) atoms. The quantitative estimate of drug-likeness (QED) is 0.607. The Kier molecular flexibility index (Phi) is 6.00. The van der Waals surface area contributed by atoms with Crippen LogP contribution >= 0.6 is 0 Å². The fourth-order valence-electron chi connectivity index (χ4n) is 2.60. The SMILES string of the molecule is COc1cc(C(=O)O)ccc1OC[C@H](O)CNCc1ccc2c(c1)OCO2. The number of ether oxygens (including phenoxy) is 4. The molecule has 3 rings (SSSR count). The Morgan fingerprint density at radius 1 is 1.19 bits per heavy atom.